The Balaban J connectivity index is 2.49. The van der Waals surface area contributed by atoms with Crippen molar-refractivity contribution in [3.63, 3.8) is 0 Å². The van der Waals surface area contributed by atoms with Crippen molar-refractivity contribution in [3.8, 4) is 0 Å². The van der Waals surface area contributed by atoms with E-state index >= 15 is 0 Å². The van der Waals surface area contributed by atoms with E-state index in [4.69, 9.17) is 0 Å². The first kappa shape index (κ1) is 6.82. The van der Waals surface area contributed by atoms with Crippen LogP contribution in [0.5, 0.6) is 0 Å². The molecule has 0 radical (unpaired) electrons. The van der Waals surface area contributed by atoms with E-state index in [0.29, 0.717) is 0 Å². The average Bonchev–Trinajstić information content (AvgIpc) is 1.61. The van der Waals surface area contributed by atoms with Crippen molar-refractivity contribution in [2.75, 3.05) is 6.16 Å². The van der Waals surface area contributed by atoms with Crippen LogP contribution >= 0.6 is 6.83 Å². The second-order valence-electron chi connectivity index (χ2n) is 1.25. The third-order valence-electron chi connectivity index (χ3n) is 0.632. The molecule has 0 bridgehead atoms. The van der Waals surface area contributed by atoms with Crippen molar-refractivity contribution in [1.29, 1.82) is 0 Å². The molecule has 0 aromatic carbocycles. The molecule has 0 nitrogen and oxygen atoms in total. The summed E-state index contributed by atoms with van der Waals surface area (Å²) in [6.45, 7) is 3.26. The first-order valence-electron chi connectivity index (χ1n) is 2.26. The Morgan fingerprint density at radius 2 is 2.33 bits per heavy atom. The maximum atomic E-state index is 3.01. The summed E-state index contributed by atoms with van der Waals surface area (Å²) in [5, 5.41) is 0. The van der Waals surface area contributed by atoms with Crippen LogP contribution in [0.2, 0.25) is 0 Å². The van der Waals surface area contributed by atoms with Crippen LogP contribution in [0.3, 0.4) is 0 Å². The summed E-state index contributed by atoms with van der Waals surface area (Å²) in [6.07, 6.45) is 4.12. The van der Waals surface area contributed by atoms with E-state index in [9.17, 15) is 0 Å². The molecule has 0 amide bonds. The van der Waals surface area contributed by atoms with Crippen LogP contribution in [-0.2, 0) is 0 Å². The average molecular weight is 168 g/mol. The molecule has 0 aliphatic rings. The van der Waals surface area contributed by atoms with Crippen LogP contribution in [0.15, 0.2) is 0 Å². The van der Waals surface area contributed by atoms with E-state index in [-0.39, 0.29) is 0 Å². The molecule has 36 valence electrons. The molecule has 0 saturated heterocycles. The number of unbranched alkanes of at least 4 members (excludes halogenated alkanes) is 1. The molecule has 0 fully saturated rings. The molecule has 0 aliphatic heterocycles. The monoisotopic (exact) mass is 169 g/mol. The zero-order valence-electron chi connectivity index (χ0n) is 4.03. The predicted octanol–water partition coefficient (Wildman–Crippen LogP) is 1.55. The summed E-state index contributed by atoms with van der Waals surface area (Å²) in [5.41, 5.74) is 0. The van der Waals surface area contributed by atoms with Gasteiger partial charge in [-0.15, -0.1) is 0 Å². The van der Waals surface area contributed by atoms with Gasteiger partial charge in [0.15, 0.2) is 0 Å². The number of hydrogen-bond donors (Lipinski definition) is 0. The Labute approximate surface area is 48.4 Å². The van der Waals surface area contributed by atoms with Crippen molar-refractivity contribution in [2.45, 2.75) is 19.8 Å². The summed E-state index contributed by atoms with van der Waals surface area (Å²) < 4.78 is 0. The van der Waals surface area contributed by atoms with Crippen molar-refractivity contribution in [1.82, 2.24) is 0 Å². The Bertz CT molecular complexity index is 36.5. The molecule has 0 heterocycles. The van der Waals surface area contributed by atoms with Gasteiger partial charge in [0.1, 0.15) is 0 Å². The molecule has 0 aliphatic carbocycles. The first-order chi connectivity index (χ1) is 2.91. The molecule has 0 aromatic heterocycles. The Hall–Kier alpha value is 0.819. The van der Waals surface area contributed by atoms with Gasteiger partial charge in [-0.3, -0.25) is 0 Å². The minimum atomic E-state index is 1.04. The molecule has 6 heavy (non-hydrogen) atoms. The van der Waals surface area contributed by atoms with Crippen LogP contribution in [-0.4, -0.2) is 21.3 Å². The molecule has 1 unspecified atom stereocenters. The topological polar surface area (TPSA) is 0 Å². The third-order valence-corrected chi connectivity index (χ3v) is 2.47. The van der Waals surface area contributed by atoms with E-state index in [1.807, 2.05) is 0 Å². The molecule has 0 saturated carbocycles. The molecular formula is C4H10PSe+. The summed E-state index contributed by atoms with van der Waals surface area (Å²) in [6, 6.07) is 0. The van der Waals surface area contributed by atoms with Crippen molar-refractivity contribution >= 4 is 21.9 Å². The van der Waals surface area contributed by atoms with E-state index in [1.165, 1.54) is 19.0 Å². The second kappa shape index (κ2) is 5.82. The summed E-state index contributed by atoms with van der Waals surface area (Å²) in [7, 11) is 0. The van der Waals surface area contributed by atoms with Gasteiger partial charge in [0.2, 0.25) is 0 Å². The van der Waals surface area contributed by atoms with E-state index in [2.05, 4.69) is 22.0 Å². The van der Waals surface area contributed by atoms with Gasteiger partial charge in [0.05, 0.1) is 0 Å². The Morgan fingerprint density at radius 1 is 1.67 bits per heavy atom. The fourth-order valence-electron chi connectivity index (χ4n) is 0.249. The fraction of sp³-hybridized carbons (Fsp3) is 1.00. The van der Waals surface area contributed by atoms with Gasteiger partial charge in [-0.1, -0.05) is 0 Å². The molecule has 1 atom stereocenters. The minimum absolute atomic E-state index is 1.04. The third kappa shape index (κ3) is 4.82. The summed E-state index contributed by atoms with van der Waals surface area (Å²) >= 11 is 3.01. The summed E-state index contributed by atoms with van der Waals surface area (Å²) in [4.78, 5) is 0. The quantitative estimate of drug-likeness (QED) is 0.340. The van der Waals surface area contributed by atoms with Gasteiger partial charge in [0.25, 0.3) is 0 Å². The van der Waals surface area contributed by atoms with Crippen LogP contribution in [0, 0.1) is 0 Å². The number of hydrogen-bond acceptors (Lipinski definition) is 0. The van der Waals surface area contributed by atoms with Gasteiger partial charge in [-0.2, -0.15) is 0 Å². The van der Waals surface area contributed by atoms with Gasteiger partial charge in [-0.05, 0) is 0 Å². The molecule has 0 N–H and O–H groups in total. The second-order valence-corrected chi connectivity index (χ2v) is 3.85. The molecule has 0 spiro atoms. The standard InChI is InChI=1S/C4H9PSe/c1-2-3-4-5-6/h2-4H2,1H3/p+1. The maximum absolute atomic E-state index is 3.01. The van der Waals surface area contributed by atoms with Crippen LogP contribution in [0.25, 0.3) is 0 Å². The number of rotatable bonds is 3. The first-order valence-corrected chi connectivity index (χ1v) is 5.95. The van der Waals surface area contributed by atoms with Crippen LogP contribution < -0.4 is 0 Å². The fourth-order valence-corrected chi connectivity index (χ4v) is 1.66. The Kier molecular flexibility index (Phi) is 6.61. The Morgan fingerprint density at radius 3 is 2.50 bits per heavy atom. The van der Waals surface area contributed by atoms with Crippen molar-refractivity contribution in [2.24, 2.45) is 0 Å². The van der Waals surface area contributed by atoms with Crippen molar-refractivity contribution < 1.29 is 0 Å². The molecule has 0 rings (SSSR count). The van der Waals surface area contributed by atoms with Gasteiger partial charge in [0, 0.05) is 0 Å². The molecule has 2 heteroatoms. The van der Waals surface area contributed by atoms with Crippen LogP contribution in [0.4, 0.5) is 0 Å². The van der Waals surface area contributed by atoms with Gasteiger partial charge in [-0.25, -0.2) is 0 Å². The normalized spacial score (nSPS) is 9.50. The molecule has 0 aromatic rings. The van der Waals surface area contributed by atoms with E-state index in [0.717, 1.165) is 6.83 Å². The SMILES string of the molecule is CCCC[PH+]=[Se]. The molecular weight excluding hydrogens is 158 g/mol. The zero-order valence-corrected chi connectivity index (χ0v) is 6.74. The van der Waals surface area contributed by atoms with E-state index < -0.39 is 0 Å². The van der Waals surface area contributed by atoms with Gasteiger partial charge < -0.3 is 0 Å². The summed E-state index contributed by atoms with van der Waals surface area (Å²) in [5.74, 6) is 0. The van der Waals surface area contributed by atoms with Crippen molar-refractivity contribution in [3.05, 3.63) is 0 Å². The van der Waals surface area contributed by atoms with Gasteiger partial charge >= 0.3 is 47.9 Å². The van der Waals surface area contributed by atoms with E-state index in [1.54, 1.807) is 0 Å². The van der Waals surface area contributed by atoms with Crippen LogP contribution in [0.1, 0.15) is 19.8 Å². The predicted molar refractivity (Wildman–Crippen MR) is 33.8 cm³/mol. The zero-order chi connectivity index (χ0) is 4.83.